The van der Waals surface area contributed by atoms with Crippen molar-refractivity contribution in [3.05, 3.63) is 10.7 Å². The number of nitrogens with zero attached hydrogens (tertiary/aromatic N) is 1. The number of nitrogens with two attached hydrogens (primary N) is 1. The number of rotatable bonds is 1. The van der Waals surface area contributed by atoms with Crippen LogP contribution in [0.5, 0.6) is 0 Å². The standard InChI is InChI=1S/C8H11BrClF3N2/c1-7(2,3)15-6(9)4(10)5(14)8(11,12)13/h14H2,1-3H3. The van der Waals surface area contributed by atoms with E-state index in [1.807, 2.05) is 0 Å². The average Bonchev–Trinajstić information content (AvgIpc) is 1.96. The second-order valence-electron chi connectivity index (χ2n) is 3.80. The molecule has 0 aliphatic rings. The number of halogens is 5. The highest BCUT2D eigenvalue weighted by atomic mass is 79.9. The van der Waals surface area contributed by atoms with Gasteiger partial charge in [0.05, 0.1) is 5.54 Å². The third-order valence-corrected chi connectivity index (χ3v) is 2.34. The highest BCUT2D eigenvalue weighted by Gasteiger charge is 2.35. The molecule has 0 radical (unpaired) electrons. The number of allylic oxidation sites excluding steroid dienone is 2. The van der Waals surface area contributed by atoms with Gasteiger partial charge in [0.1, 0.15) is 15.4 Å². The maximum atomic E-state index is 12.1. The number of alkyl halides is 3. The van der Waals surface area contributed by atoms with Crippen LogP contribution in [0, 0.1) is 0 Å². The molecule has 0 heterocycles. The van der Waals surface area contributed by atoms with E-state index < -0.39 is 22.4 Å². The Morgan fingerprint density at radius 3 is 1.93 bits per heavy atom. The third-order valence-electron chi connectivity index (χ3n) is 1.16. The molecule has 0 aromatic rings. The van der Waals surface area contributed by atoms with Crippen LogP contribution in [0.25, 0.3) is 0 Å². The monoisotopic (exact) mass is 306 g/mol. The van der Waals surface area contributed by atoms with Gasteiger partial charge in [-0.2, -0.15) is 13.2 Å². The van der Waals surface area contributed by atoms with Crippen molar-refractivity contribution >= 4 is 32.2 Å². The van der Waals surface area contributed by atoms with E-state index in [1.54, 1.807) is 20.8 Å². The Kier molecular flexibility index (Phi) is 4.67. The molecule has 0 amide bonds. The lowest BCUT2D eigenvalue weighted by Gasteiger charge is -2.14. The largest absolute Gasteiger partial charge is 0.432 e. The van der Waals surface area contributed by atoms with Crippen LogP contribution in [0.4, 0.5) is 13.2 Å². The smallest absolute Gasteiger partial charge is 0.393 e. The minimum atomic E-state index is -4.65. The van der Waals surface area contributed by atoms with Crippen molar-refractivity contribution in [2.24, 2.45) is 10.7 Å². The van der Waals surface area contributed by atoms with Gasteiger partial charge < -0.3 is 5.73 Å². The van der Waals surface area contributed by atoms with Crippen molar-refractivity contribution in [2.75, 3.05) is 0 Å². The second-order valence-corrected chi connectivity index (χ2v) is 4.93. The highest BCUT2D eigenvalue weighted by molar-refractivity contribution is 9.18. The first kappa shape index (κ1) is 14.8. The normalized spacial score (nSPS) is 16.4. The number of hydrogen-bond donors (Lipinski definition) is 1. The molecular weight excluding hydrogens is 296 g/mol. The van der Waals surface area contributed by atoms with Crippen LogP contribution in [-0.4, -0.2) is 16.3 Å². The van der Waals surface area contributed by atoms with E-state index >= 15 is 0 Å². The first-order valence-electron chi connectivity index (χ1n) is 3.93. The molecule has 0 rings (SSSR count). The Bertz CT molecular complexity index is 302. The van der Waals surface area contributed by atoms with E-state index in [2.05, 4.69) is 20.9 Å². The van der Waals surface area contributed by atoms with Crippen molar-refractivity contribution in [1.82, 2.24) is 0 Å². The molecule has 0 unspecified atom stereocenters. The molecule has 7 heteroatoms. The van der Waals surface area contributed by atoms with Gasteiger partial charge in [0.2, 0.25) is 0 Å². The van der Waals surface area contributed by atoms with E-state index in [9.17, 15) is 13.2 Å². The summed E-state index contributed by atoms with van der Waals surface area (Å²) in [6.45, 7) is 5.17. The van der Waals surface area contributed by atoms with Crippen LogP contribution < -0.4 is 5.73 Å². The zero-order valence-electron chi connectivity index (χ0n) is 8.41. The number of hydrogen-bond acceptors (Lipinski definition) is 2. The summed E-state index contributed by atoms with van der Waals surface area (Å²) < 4.78 is 36.3. The van der Waals surface area contributed by atoms with Gasteiger partial charge in [-0.3, -0.25) is 4.99 Å². The maximum Gasteiger partial charge on any atom is 0.432 e. The van der Waals surface area contributed by atoms with Crippen molar-refractivity contribution in [3.63, 3.8) is 0 Å². The van der Waals surface area contributed by atoms with Gasteiger partial charge >= 0.3 is 6.18 Å². The summed E-state index contributed by atoms with van der Waals surface area (Å²) in [5.74, 6) is 0. The molecule has 0 saturated carbocycles. The molecule has 0 aromatic carbocycles. The van der Waals surface area contributed by atoms with Crippen molar-refractivity contribution in [1.29, 1.82) is 0 Å². The Morgan fingerprint density at radius 2 is 1.67 bits per heavy atom. The van der Waals surface area contributed by atoms with Gasteiger partial charge in [0.25, 0.3) is 0 Å². The lowest BCUT2D eigenvalue weighted by molar-refractivity contribution is -0.0927. The van der Waals surface area contributed by atoms with Crippen LogP contribution in [0.15, 0.2) is 15.7 Å². The average molecular weight is 308 g/mol. The van der Waals surface area contributed by atoms with Crippen LogP contribution in [0.1, 0.15) is 20.8 Å². The Morgan fingerprint density at radius 1 is 1.27 bits per heavy atom. The molecule has 15 heavy (non-hydrogen) atoms. The summed E-state index contributed by atoms with van der Waals surface area (Å²) in [6.07, 6.45) is -4.65. The predicted molar refractivity (Wildman–Crippen MR) is 59.2 cm³/mol. The Hall–Kier alpha value is -0.230. The molecule has 0 bridgehead atoms. The zero-order chi connectivity index (χ0) is 12.4. The van der Waals surface area contributed by atoms with Crippen molar-refractivity contribution < 1.29 is 13.2 Å². The van der Waals surface area contributed by atoms with Crippen molar-refractivity contribution in [3.8, 4) is 0 Å². The SMILES string of the molecule is CC(C)(C)N=C(Br)C(Cl)=C(N)C(F)(F)F. The van der Waals surface area contributed by atoms with Gasteiger partial charge in [-0.05, 0) is 36.7 Å². The second kappa shape index (κ2) is 4.74. The lowest BCUT2D eigenvalue weighted by Crippen LogP contribution is -2.22. The Balaban J connectivity index is 5.19. The van der Waals surface area contributed by atoms with Gasteiger partial charge in [-0.15, -0.1) is 0 Å². The van der Waals surface area contributed by atoms with Crippen LogP contribution in [0.3, 0.4) is 0 Å². The fraction of sp³-hybridized carbons (Fsp3) is 0.625. The first-order valence-corrected chi connectivity index (χ1v) is 5.10. The molecule has 0 spiro atoms. The molecule has 0 saturated heterocycles. The van der Waals surface area contributed by atoms with E-state index in [-0.39, 0.29) is 4.62 Å². The molecule has 88 valence electrons. The fourth-order valence-electron chi connectivity index (χ4n) is 0.579. The van der Waals surface area contributed by atoms with E-state index in [1.165, 1.54) is 0 Å². The molecule has 2 N–H and O–H groups in total. The van der Waals surface area contributed by atoms with Gasteiger partial charge in [0.15, 0.2) is 0 Å². The van der Waals surface area contributed by atoms with Crippen LogP contribution in [0.2, 0.25) is 0 Å². The summed E-state index contributed by atoms with van der Waals surface area (Å²) >= 11 is 8.28. The summed E-state index contributed by atoms with van der Waals surface area (Å²) in [7, 11) is 0. The van der Waals surface area contributed by atoms with Crippen molar-refractivity contribution in [2.45, 2.75) is 32.5 Å². The third kappa shape index (κ3) is 5.41. The summed E-state index contributed by atoms with van der Waals surface area (Å²) in [5.41, 5.74) is 2.93. The summed E-state index contributed by atoms with van der Waals surface area (Å²) in [4.78, 5) is 3.91. The summed E-state index contributed by atoms with van der Waals surface area (Å²) in [6, 6.07) is 0. The molecule has 0 aliphatic carbocycles. The number of aliphatic imine (C=N–C) groups is 1. The minimum absolute atomic E-state index is 0.105. The maximum absolute atomic E-state index is 12.1. The molecule has 0 aromatic heterocycles. The molecule has 0 aliphatic heterocycles. The van der Waals surface area contributed by atoms with E-state index in [4.69, 9.17) is 17.3 Å². The van der Waals surface area contributed by atoms with E-state index in [0.29, 0.717) is 0 Å². The zero-order valence-corrected chi connectivity index (χ0v) is 10.8. The first-order chi connectivity index (χ1) is 6.45. The van der Waals surface area contributed by atoms with Gasteiger partial charge in [0, 0.05) is 0 Å². The lowest BCUT2D eigenvalue weighted by atomic mass is 10.1. The van der Waals surface area contributed by atoms with Gasteiger partial charge in [-0.25, -0.2) is 0 Å². The molecular formula is C8H11BrClF3N2. The topological polar surface area (TPSA) is 38.4 Å². The molecule has 0 atom stereocenters. The van der Waals surface area contributed by atoms with Gasteiger partial charge in [-0.1, -0.05) is 11.6 Å². The fourth-order valence-corrected chi connectivity index (χ4v) is 1.47. The minimum Gasteiger partial charge on any atom is -0.393 e. The predicted octanol–water partition coefficient (Wildman–Crippen LogP) is 3.55. The van der Waals surface area contributed by atoms with E-state index in [0.717, 1.165) is 0 Å². The summed E-state index contributed by atoms with van der Waals surface area (Å²) in [5, 5.41) is -0.627. The van der Waals surface area contributed by atoms with Crippen LogP contribution in [-0.2, 0) is 0 Å². The highest BCUT2D eigenvalue weighted by Crippen LogP contribution is 2.28. The quantitative estimate of drug-likeness (QED) is 0.739. The molecule has 0 fully saturated rings. The van der Waals surface area contributed by atoms with Crippen LogP contribution >= 0.6 is 27.5 Å². The Labute approximate surface area is 99.5 Å². The molecule has 2 nitrogen and oxygen atoms in total.